The second-order valence-corrected chi connectivity index (χ2v) is 7.12. The Morgan fingerprint density at radius 3 is 1.42 bits per heavy atom. The second-order valence-electron chi connectivity index (χ2n) is 7.12. The van der Waals surface area contributed by atoms with Gasteiger partial charge in [-0.15, -0.1) is 0 Å². The maximum absolute atomic E-state index is 11.5. The normalized spacial score (nSPS) is 11.4. The maximum Gasteiger partial charge on any atom is 0.306 e. The molecule has 0 heterocycles. The summed E-state index contributed by atoms with van der Waals surface area (Å²) in [7, 11) is 0. The second kappa shape index (κ2) is 15.2. The predicted molar refractivity (Wildman–Crippen MR) is 97.7 cm³/mol. The monoisotopic (exact) mass is 340 g/mol. The zero-order valence-corrected chi connectivity index (χ0v) is 16.0. The molecule has 0 atom stereocenters. The van der Waals surface area contributed by atoms with E-state index in [0.717, 1.165) is 38.5 Å². The summed E-state index contributed by atoms with van der Waals surface area (Å²) in [4.78, 5) is 23.0. The molecule has 0 fully saturated rings. The Morgan fingerprint density at radius 2 is 1.08 bits per heavy atom. The minimum Gasteiger partial charge on any atom is -0.461 e. The first-order valence-electron chi connectivity index (χ1n) is 9.38. The number of carbonyl (C=O) groups is 2. The average Bonchev–Trinajstić information content (AvgIpc) is 2.51. The molecule has 0 aliphatic heterocycles. The summed E-state index contributed by atoms with van der Waals surface area (Å²) in [6, 6.07) is 0. The van der Waals surface area contributed by atoms with Crippen molar-refractivity contribution in [1.82, 2.24) is 0 Å². The molecule has 0 N–H and O–H groups in total. The van der Waals surface area contributed by atoms with E-state index >= 15 is 0 Å². The highest BCUT2D eigenvalue weighted by molar-refractivity contribution is 5.69. The topological polar surface area (TPSA) is 52.6 Å². The molecule has 0 aliphatic rings. The van der Waals surface area contributed by atoms with Gasteiger partial charge in [0.05, 0.1) is 0 Å². The zero-order chi connectivity index (χ0) is 18.2. The van der Waals surface area contributed by atoms with Crippen LogP contribution in [0.25, 0.3) is 0 Å². The van der Waals surface area contributed by atoms with Gasteiger partial charge in [0.2, 0.25) is 0 Å². The van der Waals surface area contributed by atoms with Gasteiger partial charge in [-0.2, -0.15) is 0 Å². The molecule has 24 heavy (non-hydrogen) atoms. The fraction of sp³-hybridized carbons (Fsp3) is 0.800. The molecular formula is C20H36O4. The van der Waals surface area contributed by atoms with Crippen molar-refractivity contribution in [3.63, 3.8) is 0 Å². The van der Waals surface area contributed by atoms with Gasteiger partial charge in [-0.1, -0.05) is 53.4 Å². The molecule has 4 nitrogen and oxygen atoms in total. The van der Waals surface area contributed by atoms with Crippen molar-refractivity contribution in [3.8, 4) is 0 Å². The SMILES string of the molecule is CC(C)CCCCC(=O)OCC=CCOC(=O)CCCCC(C)C. The lowest BCUT2D eigenvalue weighted by molar-refractivity contribution is -0.143. The van der Waals surface area contributed by atoms with Crippen molar-refractivity contribution < 1.29 is 19.1 Å². The highest BCUT2D eigenvalue weighted by Crippen LogP contribution is 2.09. The van der Waals surface area contributed by atoms with Crippen LogP contribution in [0.5, 0.6) is 0 Å². The van der Waals surface area contributed by atoms with Crippen LogP contribution < -0.4 is 0 Å². The predicted octanol–water partition coefficient (Wildman–Crippen LogP) is 5.06. The van der Waals surface area contributed by atoms with Gasteiger partial charge in [-0.25, -0.2) is 0 Å². The van der Waals surface area contributed by atoms with E-state index in [2.05, 4.69) is 27.7 Å². The fourth-order valence-electron chi connectivity index (χ4n) is 2.21. The third-order valence-electron chi connectivity index (χ3n) is 3.67. The third-order valence-corrected chi connectivity index (χ3v) is 3.67. The lowest BCUT2D eigenvalue weighted by Gasteiger charge is -2.05. The fourth-order valence-corrected chi connectivity index (χ4v) is 2.21. The highest BCUT2D eigenvalue weighted by Gasteiger charge is 2.03. The average molecular weight is 341 g/mol. The van der Waals surface area contributed by atoms with Gasteiger partial charge in [0.15, 0.2) is 0 Å². The number of ether oxygens (including phenoxy) is 2. The van der Waals surface area contributed by atoms with Crippen LogP contribution in [0.4, 0.5) is 0 Å². The van der Waals surface area contributed by atoms with Gasteiger partial charge in [0.1, 0.15) is 13.2 Å². The number of carbonyl (C=O) groups excluding carboxylic acids is 2. The van der Waals surface area contributed by atoms with Crippen molar-refractivity contribution in [2.24, 2.45) is 11.8 Å². The van der Waals surface area contributed by atoms with Crippen LogP contribution >= 0.6 is 0 Å². The minimum absolute atomic E-state index is 0.162. The van der Waals surface area contributed by atoms with Gasteiger partial charge in [-0.3, -0.25) is 9.59 Å². The van der Waals surface area contributed by atoms with E-state index in [1.807, 2.05) is 0 Å². The molecule has 0 amide bonds. The van der Waals surface area contributed by atoms with E-state index in [-0.39, 0.29) is 25.2 Å². The van der Waals surface area contributed by atoms with Gasteiger partial charge in [-0.05, 0) is 36.8 Å². The van der Waals surface area contributed by atoms with Crippen molar-refractivity contribution in [1.29, 1.82) is 0 Å². The first kappa shape index (κ1) is 22.7. The molecule has 0 unspecified atom stereocenters. The Labute approximate surface area is 148 Å². The van der Waals surface area contributed by atoms with Crippen LogP contribution in [0.2, 0.25) is 0 Å². The molecule has 4 heteroatoms. The quantitative estimate of drug-likeness (QED) is 0.252. The van der Waals surface area contributed by atoms with Gasteiger partial charge in [0.25, 0.3) is 0 Å². The molecule has 0 aliphatic carbocycles. The lowest BCUT2D eigenvalue weighted by atomic mass is 10.1. The van der Waals surface area contributed by atoms with E-state index in [4.69, 9.17) is 9.47 Å². The molecule has 0 aromatic rings. The lowest BCUT2D eigenvalue weighted by Crippen LogP contribution is -2.06. The first-order chi connectivity index (χ1) is 11.4. The summed E-state index contributed by atoms with van der Waals surface area (Å²) in [5.74, 6) is 1.04. The van der Waals surface area contributed by atoms with Gasteiger partial charge < -0.3 is 9.47 Å². The Bertz CT molecular complexity index is 325. The van der Waals surface area contributed by atoms with Crippen molar-refractivity contribution in [2.75, 3.05) is 13.2 Å². The number of rotatable bonds is 14. The molecule has 0 spiro atoms. The largest absolute Gasteiger partial charge is 0.461 e. The van der Waals surface area contributed by atoms with Crippen LogP contribution in [0.1, 0.15) is 79.1 Å². The molecule has 0 bridgehead atoms. The van der Waals surface area contributed by atoms with E-state index in [1.165, 1.54) is 0 Å². The maximum atomic E-state index is 11.5. The molecule has 0 radical (unpaired) electrons. The van der Waals surface area contributed by atoms with Crippen LogP contribution in [0.15, 0.2) is 12.2 Å². The molecule has 0 rings (SSSR count). The summed E-state index contributed by atoms with van der Waals surface area (Å²) in [6.45, 7) is 9.22. The van der Waals surface area contributed by atoms with Crippen LogP contribution in [-0.4, -0.2) is 25.2 Å². The summed E-state index contributed by atoms with van der Waals surface area (Å²) in [5.41, 5.74) is 0. The first-order valence-corrected chi connectivity index (χ1v) is 9.38. The van der Waals surface area contributed by atoms with Gasteiger partial charge in [0, 0.05) is 12.8 Å². The standard InChI is InChI=1S/C20H36O4/c1-17(2)11-5-7-13-19(21)23-15-9-10-16-24-20(22)14-8-6-12-18(3)4/h9-10,17-18H,5-8,11-16H2,1-4H3. The summed E-state index contributed by atoms with van der Waals surface area (Å²) < 4.78 is 10.2. The van der Waals surface area contributed by atoms with Gasteiger partial charge >= 0.3 is 11.9 Å². The number of hydrogen-bond acceptors (Lipinski definition) is 4. The zero-order valence-electron chi connectivity index (χ0n) is 16.0. The third kappa shape index (κ3) is 17.0. The Kier molecular flexibility index (Phi) is 14.4. The molecule has 0 saturated heterocycles. The summed E-state index contributed by atoms with van der Waals surface area (Å²) >= 11 is 0. The summed E-state index contributed by atoms with van der Waals surface area (Å²) in [5, 5.41) is 0. The van der Waals surface area contributed by atoms with Crippen molar-refractivity contribution in [3.05, 3.63) is 12.2 Å². The molecule has 0 aromatic heterocycles. The van der Waals surface area contributed by atoms with E-state index in [1.54, 1.807) is 12.2 Å². The Morgan fingerprint density at radius 1 is 0.708 bits per heavy atom. The smallest absolute Gasteiger partial charge is 0.306 e. The van der Waals surface area contributed by atoms with Crippen LogP contribution in [-0.2, 0) is 19.1 Å². The van der Waals surface area contributed by atoms with E-state index in [9.17, 15) is 9.59 Å². The van der Waals surface area contributed by atoms with Crippen molar-refractivity contribution >= 4 is 11.9 Å². The van der Waals surface area contributed by atoms with Crippen molar-refractivity contribution in [2.45, 2.75) is 79.1 Å². The highest BCUT2D eigenvalue weighted by atomic mass is 16.5. The number of unbranched alkanes of at least 4 members (excludes halogenated alkanes) is 2. The van der Waals surface area contributed by atoms with Crippen LogP contribution in [0.3, 0.4) is 0 Å². The Balaban J connectivity index is 3.48. The minimum atomic E-state index is -0.162. The number of hydrogen-bond donors (Lipinski definition) is 0. The molecule has 0 aromatic carbocycles. The Hall–Kier alpha value is -1.32. The molecule has 140 valence electrons. The molecule has 0 saturated carbocycles. The summed E-state index contributed by atoms with van der Waals surface area (Å²) in [6.07, 6.45) is 10.6. The number of esters is 2. The van der Waals surface area contributed by atoms with E-state index < -0.39 is 0 Å². The molecular weight excluding hydrogens is 304 g/mol. The van der Waals surface area contributed by atoms with Crippen LogP contribution in [0, 0.1) is 11.8 Å². The van der Waals surface area contributed by atoms with E-state index in [0.29, 0.717) is 24.7 Å².